The van der Waals surface area contributed by atoms with Gasteiger partial charge in [-0.2, -0.15) is 19.9 Å². The van der Waals surface area contributed by atoms with Gasteiger partial charge in [0.15, 0.2) is 5.82 Å². The molecule has 2 rings (SSSR count). The molecule has 0 aliphatic heterocycles. The van der Waals surface area contributed by atoms with Crippen LogP contribution in [0.5, 0.6) is 6.01 Å². The highest BCUT2D eigenvalue weighted by Gasteiger charge is 2.08. The Balaban J connectivity index is 1.98. The summed E-state index contributed by atoms with van der Waals surface area (Å²) in [5, 5.41) is 6.71. The Morgan fingerprint density at radius 1 is 1.30 bits per heavy atom. The molecule has 0 aliphatic carbocycles. The summed E-state index contributed by atoms with van der Waals surface area (Å²) in [5.74, 6) is 6.48. The summed E-state index contributed by atoms with van der Waals surface area (Å²) >= 11 is 0. The van der Waals surface area contributed by atoms with E-state index in [1.165, 1.54) is 6.39 Å². The summed E-state index contributed by atoms with van der Waals surface area (Å²) in [6.45, 7) is 4.29. The van der Waals surface area contributed by atoms with Crippen molar-refractivity contribution in [2.24, 2.45) is 5.84 Å². The summed E-state index contributed by atoms with van der Waals surface area (Å²) in [7, 11) is 0. The van der Waals surface area contributed by atoms with E-state index in [-0.39, 0.29) is 18.1 Å². The molecule has 0 aromatic carbocycles. The Morgan fingerprint density at radius 3 is 2.75 bits per heavy atom. The molecule has 0 atom stereocenters. The van der Waals surface area contributed by atoms with Crippen molar-refractivity contribution in [2.75, 3.05) is 17.3 Å². The van der Waals surface area contributed by atoms with Gasteiger partial charge in [0.05, 0.1) is 6.10 Å². The molecule has 0 fully saturated rings. The number of hydrogen-bond acceptors (Lipinski definition) is 10. The predicted octanol–water partition coefficient (Wildman–Crippen LogP) is -0.0180. The van der Waals surface area contributed by atoms with E-state index in [4.69, 9.17) is 10.6 Å². The fourth-order valence-corrected chi connectivity index (χ4v) is 1.35. The predicted molar refractivity (Wildman–Crippen MR) is 69.9 cm³/mol. The third-order valence-corrected chi connectivity index (χ3v) is 2.12. The van der Waals surface area contributed by atoms with E-state index in [0.29, 0.717) is 24.7 Å². The number of hydrogen-bond donors (Lipinski definition) is 3. The second kappa shape index (κ2) is 6.61. The summed E-state index contributed by atoms with van der Waals surface area (Å²) in [4.78, 5) is 16.1. The number of rotatable bonds is 7. The Hall–Kier alpha value is -2.49. The van der Waals surface area contributed by atoms with Crippen molar-refractivity contribution in [2.45, 2.75) is 26.4 Å². The van der Waals surface area contributed by atoms with Crippen LogP contribution in [0.25, 0.3) is 0 Å². The smallest absolute Gasteiger partial charge is 0.323 e. The van der Waals surface area contributed by atoms with Gasteiger partial charge in [0.1, 0.15) is 0 Å². The molecule has 2 aromatic rings. The molecule has 0 amide bonds. The third-order valence-electron chi connectivity index (χ3n) is 2.12. The van der Waals surface area contributed by atoms with Gasteiger partial charge >= 0.3 is 6.01 Å². The van der Waals surface area contributed by atoms with Gasteiger partial charge in [-0.15, -0.1) is 0 Å². The lowest BCUT2D eigenvalue weighted by atomic mass is 10.4. The zero-order valence-corrected chi connectivity index (χ0v) is 11.2. The monoisotopic (exact) mass is 280 g/mol. The van der Waals surface area contributed by atoms with Crippen LogP contribution in [0.3, 0.4) is 0 Å². The average molecular weight is 280 g/mol. The minimum atomic E-state index is -0.0461. The first-order valence-electron chi connectivity index (χ1n) is 6.06. The number of nitrogen functional groups attached to an aromatic ring is 1. The van der Waals surface area contributed by atoms with Crippen molar-refractivity contribution in [1.82, 2.24) is 25.1 Å². The van der Waals surface area contributed by atoms with Crippen molar-refractivity contribution >= 4 is 11.9 Å². The van der Waals surface area contributed by atoms with Crippen LogP contribution in [-0.2, 0) is 6.42 Å². The standard InChI is InChI=1S/C10H16N8O2/c1-6(2)20-10-15-8(14-9(16-10)17-11)12-4-3-7-13-5-19-18-7/h5-6H,3-4,11H2,1-2H3,(H2,12,14,15,16,17). The SMILES string of the molecule is CC(C)Oc1nc(NN)nc(NCCc2ncon2)n1. The molecule has 0 bridgehead atoms. The van der Waals surface area contributed by atoms with E-state index >= 15 is 0 Å². The van der Waals surface area contributed by atoms with Crippen molar-refractivity contribution in [3.8, 4) is 6.01 Å². The summed E-state index contributed by atoms with van der Waals surface area (Å²) in [6.07, 6.45) is 1.81. The molecule has 20 heavy (non-hydrogen) atoms. The Bertz CT molecular complexity index is 530. The molecule has 0 radical (unpaired) electrons. The first kappa shape index (κ1) is 13.9. The minimum Gasteiger partial charge on any atom is -0.461 e. The van der Waals surface area contributed by atoms with Crippen molar-refractivity contribution < 1.29 is 9.26 Å². The number of ether oxygens (including phenoxy) is 1. The summed E-state index contributed by atoms with van der Waals surface area (Å²) in [6, 6.07) is 0.199. The Morgan fingerprint density at radius 2 is 2.10 bits per heavy atom. The maximum atomic E-state index is 5.41. The van der Waals surface area contributed by atoms with E-state index in [0.717, 1.165) is 0 Å². The highest BCUT2D eigenvalue weighted by atomic mass is 16.5. The number of nitrogens with zero attached hydrogens (tertiary/aromatic N) is 5. The van der Waals surface area contributed by atoms with E-state index < -0.39 is 0 Å². The first-order valence-corrected chi connectivity index (χ1v) is 6.06. The van der Waals surface area contributed by atoms with Crippen LogP contribution in [-0.4, -0.2) is 37.7 Å². The van der Waals surface area contributed by atoms with Crippen LogP contribution in [0.2, 0.25) is 0 Å². The summed E-state index contributed by atoms with van der Waals surface area (Å²) < 4.78 is 10.1. The van der Waals surface area contributed by atoms with Crippen molar-refractivity contribution in [3.63, 3.8) is 0 Å². The van der Waals surface area contributed by atoms with Crippen LogP contribution >= 0.6 is 0 Å². The van der Waals surface area contributed by atoms with Gasteiger partial charge in [-0.25, -0.2) is 5.84 Å². The second-order valence-electron chi connectivity index (χ2n) is 4.10. The van der Waals surface area contributed by atoms with Gasteiger partial charge in [-0.05, 0) is 13.8 Å². The number of hydrazine groups is 1. The van der Waals surface area contributed by atoms with Crippen LogP contribution in [0.15, 0.2) is 10.9 Å². The quantitative estimate of drug-likeness (QED) is 0.468. The van der Waals surface area contributed by atoms with Gasteiger partial charge in [-0.1, -0.05) is 5.16 Å². The number of nitrogens with one attached hydrogen (secondary N) is 2. The fourth-order valence-electron chi connectivity index (χ4n) is 1.35. The van der Waals surface area contributed by atoms with Crippen LogP contribution in [0.1, 0.15) is 19.7 Å². The maximum Gasteiger partial charge on any atom is 0.323 e. The van der Waals surface area contributed by atoms with Gasteiger partial charge in [0, 0.05) is 13.0 Å². The average Bonchev–Trinajstić information content (AvgIpc) is 2.91. The topological polar surface area (TPSA) is 137 Å². The highest BCUT2D eigenvalue weighted by Crippen LogP contribution is 2.11. The lowest BCUT2D eigenvalue weighted by Gasteiger charge is -2.10. The first-order chi connectivity index (χ1) is 9.67. The molecule has 0 saturated carbocycles. The molecule has 2 heterocycles. The van der Waals surface area contributed by atoms with E-state index in [1.54, 1.807) is 0 Å². The molecule has 10 heteroatoms. The van der Waals surface area contributed by atoms with Gasteiger partial charge in [-0.3, -0.25) is 5.43 Å². The lowest BCUT2D eigenvalue weighted by molar-refractivity contribution is 0.222. The van der Waals surface area contributed by atoms with Crippen molar-refractivity contribution in [3.05, 3.63) is 12.2 Å². The maximum absolute atomic E-state index is 5.41. The van der Waals surface area contributed by atoms with Crippen LogP contribution in [0, 0.1) is 0 Å². The minimum absolute atomic E-state index is 0.0461. The van der Waals surface area contributed by atoms with Crippen molar-refractivity contribution in [1.29, 1.82) is 0 Å². The van der Waals surface area contributed by atoms with Crippen LogP contribution < -0.4 is 21.3 Å². The number of aromatic nitrogens is 5. The highest BCUT2D eigenvalue weighted by molar-refractivity contribution is 5.34. The molecular weight excluding hydrogens is 264 g/mol. The molecule has 108 valence electrons. The molecule has 2 aromatic heterocycles. The number of nitrogens with two attached hydrogens (primary N) is 1. The van der Waals surface area contributed by atoms with E-state index in [1.807, 2.05) is 13.8 Å². The second-order valence-corrected chi connectivity index (χ2v) is 4.10. The van der Waals surface area contributed by atoms with Gasteiger partial charge < -0.3 is 14.6 Å². The largest absolute Gasteiger partial charge is 0.461 e. The number of anilines is 2. The summed E-state index contributed by atoms with van der Waals surface area (Å²) in [5.41, 5.74) is 2.36. The Kier molecular flexibility index (Phi) is 4.60. The fraction of sp³-hybridized carbons (Fsp3) is 0.500. The lowest BCUT2D eigenvalue weighted by Crippen LogP contribution is -2.17. The zero-order valence-electron chi connectivity index (χ0n) is 11.2. The third kappa shape index (κ3) is 4.02. The molecule has 0 aliphatic rings. The molecule has 4 N–H and O–H groups in total. The molecule has 0 spiro atoms. The van der Waals surface area contributed by atoms with Gasteiger partial charge in [0.25, 0.3) is 0 Å². The Labute approximate surface area is 115 Å². The van der Waals surface area contributed by atoms with E-state index in [9.17, 15) is 0 Å². The van der Waals surface area contributed by atoms with E-state index in [2.05, 4.69) is 40.4 Å². The van der Waals surface area contributed by atoms with Crippen LogP contribution in [0.4, 0.5) is 11.9 Å². The molecule has 0 unspecified atom stereocenters. The zero-order chi connectivity index (χ0) is 14.4. The molecule has 10 nitrogen and oxygen atoms in total. The van der Waals surface area contributed by atoms with Gasteiger partial charge in [0.2, 0.25) is 18.3 Å². The molecule has 0 saturated heterocycles. The molecular formula is C10H16N8O2. The normalized spacial score (nSPS) is 10.6.